The van der Waals surface area contributed by atoms with Crippen molar-refractivity contribution in [3.05, 3.63) is 0 Å². The fourth-order valence-electron chi connectivity index (χ4n) is 0.921. The largest absolute Gasteiger partial charge is 0.304 e. The third-order valence-electron chi connectivity index (χ3n) is 1.65. The van der Waals surface area contributed by atoms with Crippen molar-refractivity contribution in [3.63, 3.8) is 0 Å². The van der Waals surface area contributed by atoms with E-state index in [0.717, 1.165) is 0 Å². The van der Waals surface area contributed by atoms with Crippen molar-refractivity contribution < 1.29 is 8.42 Å². The summed E-state index contributed by atoms with van der Waals surface area (Å²) < 4.78 is 21.6. The maximum atomic E-state index is 10.8. The second kappa shape index (κ2) is 5.20. The van der Waals surface area contributed by atoms with E-state index in [0.29, 0.717) is 13.1 Å². The number of hydrogen-bond donors (Lipinski definition) is 0. The highest BCUT2D eigenvalue weighted by atomic mass is 32.2. The fraction of sp³-hybridized carbons (Fsp3) is 0.875. The molecular formula is C8H16N2O2S. The van der Waals surface area contributed by atoms with E-state index in [1.165, 1.54) is 6.26 Å². The van der Waals surface area contributed by atoms with E-state index in [2.05, 4.69) is 6.07 Å². The van der Waals surface area contributed by atoms with Crippen molar-refractivity contribution in [1.82, 2.24) is 4.90 Å². The molecule has 1 unspecified atom stereocenters. The first kappa shape index (κ1) is 12.4. The quantitative estimate of drug-likeness (QED) is 0.638. The molecule has 5 heteroatoms. The van der Waals surface area contributed by atoms with E-state index in [-0.39, 0.29) is 11.7 Å². The molecule has 0 spiro atoms. The lowest BCUT2D eigenvalue weighted by atomic mass is 10.2. The molecular weight excluding hydrogens is 188 g/mol. The van der Waals surface area contributed by atoms with Crippen LogP contribution in [0.3, 0.4) is 0 Å². The Morgan fingerprint density at radius 2 is 2.08 bits per heavy atom. The van der Waals surface area contributed by atoms with Crippen LogP contribution in [0.1, 0.15) is 6.92 Å². The zero-order valence-corrected chi connectivity index (χ0v) is 9.13. The van der Waals surface area contributed by atoms with Gasteiger partial charge in [-0.15, -0.1) is 0 Å². The molecule has 1 atom stereocenters. The van der Waals surface area contributed by atoms with E-state index in [1.807, 2.05) is 18.9 Å². The summed E-state index contributed by atoms with van der Waals surface area (Å²) in [4.78, 5) is 1.86. The van der Waals surface area contributed by atoms with Crippen molar-refractivity contribution in [1.29, 1.82) is 5.26 Å². The second-order valence-corrected chi connectivity index (χ2v) is 5.68. The van der Waals surface area contributed by atoms with Gasteiger partial charge in [0.2, 0.25) is 0 Å². The van der Waals surface area contributed by atoms with Gasteiger partial charge in [-0.2, -0.15) is 5.26 Å². The number of rotatable bonds is 5. The molecule has 0 saturated heterocycles. The van der Waals surface area contributed by atoms with E-state index in [9.17, 15) is 8.42 Å². The van der Waals surface area contributed by atoms with Crippen LogP contribution in [-0.4, -0.2) is 45.5 Å². The van der Waals surface area contributed by atoms with Gasteiger partial charge in [-0.05, 0) is 14.0 Å². The third kappa shape index (κ3) is 7.75. The highest BCUT2D eigenvalue weighted by Gasteiger charge is 2.08. The number of sulfone groups is 1. The molecule has 13 heavy (non-hydrogen) atoms. The molecule has 0 radical (unpaired) electrons. The minimum atomic E-state index is -2.89. The topological polar surface area (TPSA) is 61.2 Å². The van der Waals surface area contributed by atoms with Gasteiger partial charge in [0.1, 0.15) is 9.84 Å². The van der Waals surface area contributed by atoms with Gasteiger partial charge in [-0.25, -0.2) is 8.42 Å². The summed E-state index contributed by atoms with van der Waals surface area (Å²) in [5.41, 5.74) is 0. The van der Waals surface area contributed by atoms with Crippen LogP contribution >= 0.6 is 0 Å². The summed E-state index contributed by atoms with van der Waals surface area (Å²) in [6, 6.07) is 2.10. The molecule has 0 fully saturated rings. The molecule has 0 bridgehead atoms. The average molecular weight is 204 g/mol. The van der Waals surface area contributed by atoms with Crippen LogP contribution in [0.5, 0.6) is 0 Å². The Kier molecular flexibility index (Phi) is 4.96. The van der Waals surface area contributed by atoms with Crippen LogP contribution in [0.4, 0.5) is 0 Å². The van der Waals surface area contributed by atoms with Crippen molar-refractivity contribution in [2.75, 3.05) is 32.1 Å². The van der Waals surface area contributed by atoms with E-state index >= 15 is 0 Å². The molecule has 0 aromatic rings. The molecule has 0 aliphatic carbocycles. The maximum absolute atomic E-state index is 10.8. The van der Waals surface area contributed by atoms with Crippen LogP contribution in [0.2, 0.25) is 0 Å². The highest BCUT2D eigenvalue weighted by Crippen LogP contribution is 1.96. The van der Waals surface area contributed by atoms with E-state index in [1.54, 1.807) is 0 Å². The zero-order chi connectivity index (χ0) is 10.5. The molecule has 0 N–H and O–H groups in total. The second-order valence-electron chi connectivity index (χ2n) is 3.42. The minimum Gasteiger partial charge on any atom is -0.304 e. The fourth-order valence-corrected chi connectivity index (χ4v) is 1.56. The standard InChI is InChI=1S/C8H16N2O2S/c1-8(6-9)7-10(2)4-5-13(3,11)12/h8H,4-5,7H2,1-3H3. The Hall–Kier alpha value is -0.600. The van der Waals surface area contributed by atoms with Crippen LogP contribution < -0.4 is 0 Å². The first-order valence-electron chi connectivity index (χ1n) is 4.11. The van der Waals surface area contributed by atoms with Gasteiger partial charge in [0.25, 0.3) is 0 Å². The summed E-state index contributed by atoms with van der Waals surface area (Å²) >= 11 is 0. The van der Waals surface area contributed by atoms with Crippen LogP contribution in [0.25, 0.3) is 0 Å². The first-order valence-corrected chi connectivity index (χ1v) is 6.17. The lowest BCUT2D eigenvalue weighted by Crippen LogP contribution is -2.28. The van der Waals surface area contributed by atoms with Gasteiger partial charge in [0.15, 0.2) is 0 Å². The molecule has 0 aromatic heterocycles. The van der Waals surface area contributed by atoms with E-state index in [4.69, 9.17) is 5.26 Å². The molecule has 4 nitrogen and oxygen atoms in total. The molecule has 76 valence electrons. The van der Waals surface area contributed by atoms with Gasteiger partial charge in [-0.1, -0.05) is 0 Å². The van der Waals surface area contributed by atoms with Gasteiger partial charge in [-0.3, -0.25) is 0 Å². The molecule has 0 amide bonds. The normalized spacial score (nSPS) is 14.1. The Balaban J connectivity index is 3.78. The summed E-state index contributed by atoms with van der Waals surface area (Å²) in [6.45, 7) is 2.92. The Morgan fingerprint density at radius 1 is 1.54 bits per heavy atom. The van der Waals surface area contributed by atoms with Crippen LogP contribution in [-0.2, 0) is 9.84 Å². The smallest absolute Gasteiger partial charge is 0.148 e. The zero-order valence-electron chi connectivity index (χ0n) is 8.32. The van der Waals surface area contributed by atoms with Crippen molar-refractivity contribution >= 4 is 9.84 Å². The summed E-state index contributed by atoms with van der Waals surface area (Å²) in [7, 11) is -1.07. The summed E-state index contributed by atoms with van der Waals surface area (Å²) in [5, 5.41) is 8.52. The van der Waals surface area contributed by atoms with Crippen molar-refractivity contribution in [2.45, 2.75) is 6.92 Å². The molecule has 0 saturated carbocycles. The predicted octanol–water partition coefficient (Wildman–Crippen LogP) is 0.122. The Bertz CT molecular complexity index is 279. The highest BCUT2D eigenvalue weighted by molar-refractivity contribution is 7.90. The lowest BCUT2D eigenvalue weighted by molar-refractivity contribution is 0.327. The van der Waals surface area contributed by atoms with Gasteiger partial charge in [0, 0.05) is 19.3 Å². The Morgan fingerprint density at radius 3 is 2.46 bits per heavy atom. The number of hydrogen-bond acceptors (Lipinski definition) is 4. The summed E-state index contributed by atoms with van der Waals surface area (Å²) in [6.07, 6.45) is 1.22. The van der Waals surface area contributed by atoms with Crippen molar-refractivity contribution in [2.24, 2.45) is 5.92 Å². The lowest BCUT2D eigenvalue weighted by Gasteiger charge is -2.16. The summed E-state index contributed by atoms with van der Waals surface area (Å²) in [5.74, 6) is 0.103. The molecule has 0 aromatic carbocycles. The Labute approximate surface area is 80.1 Å². The van der Waals surface area contributed by atoms with E-state index < -0.39 is 9.84 Å². The van der Waals surface area contributed by atoms with Crippen molar-refractivity contribution in [3.8, 4) is 6.07 Å². The molecule has 0 rings (SSSR count). The maximum Gasteiger partial charge on any atom is 0.148 e. The monoisotopic (exact) mass is 204 g/mol. The molecule has 0 heterocycles. The number of nitriles is 1. The molecule has 0 aliphatic heterocycles. The molecule has 0 aliphatic rings. The van der Waals surface area contributed by atoms with Crippen LogP contribution in [0, 0.1) is 17.2 Å². The SMILES string of the molecule is CC(C#N)CN(C)CCS(C)(=O)=O. The predicted molar refractivity (Wildman–Crippen MR) is 52.0 cm³/mol. The first-order chi connectivity index (χ1) is 5.85. The van der Waals surface area contributed by atoms with Gasteiger partial charge >= 0.3 is 0 Å². The average Bonchev–Trinajstić information content (AvgIpc) is 1.99. The number of nitrogens with zero attached hydrogens (tertiary/aromatic N) is 2. The van der Waals surface area contributed by atoms with Gasteiger partial charge < -0.3 is 4.90 Å². The third-order valence-corrected chi connectivity index (χ3v) is 2.57. The van der Waals surface area contributed by atoms with Crippen LogP contribution in [0.15, 0.2) is 0 Å². The van der Waals surface area contributed by atoms with Gasteiger partial charge in [0.05, 0.1) is 17.7 Å². The minimum absolute atomic E-state index is 0.0513.